The van der Waals surface area contributed by atoms with Crippen LogP contribution in [0.2, 0.25) is 0 Å². The van der Waals surface area contributed by atoms with Crippen molar-refractivity contribution < 1.29 is 18.3 Å². The molecule has 14 rings (SSSR count). The van der Waals surface area contributed by atoms with Crippen molar-refractivity contribution in [2.24, 2.45) is 0 Å². The van der Waals surface area contributed by atoms with Gasteiger partial charge in [0, 0.05) is 88.9 Å². The highest BCUT2D eigenvalue weighted by Gasteiger charge is 2.80. The van der Waals surface area contributed by atoms with Crippen molar-refractivity contribution in [2.75, 3.05) is 0 Å². The van der Waals surface area contributed by atoms with Gasteiger partial charge in [-0.25, -0.2) is 0 Å². The molecule has 0 unspecified atom stereocenters. The van der Waals surface area contributed by atoms with E-state index in [1.165, 1.54) is 76.6 Å². The Hall–Kier alpha value is -7.84. The summed E-state index contributed by atoms with van der Waals surface area (Å²) < 4.78 is 9.84. The molecular formula is C54H44N8+4. The lowest BCUT2D eigenvalue weighted by Crippen LogP contribution is -2.94. The maximum absolute atomic E-state index is 4.41. The lowest BCUT2D eigenvalue weighted by Gasteiger charge is -2.05. The van der Waals surface area contributed by atoms with Gasteiger partial charge in [-0.2, -0.15) is 0 Å². The molecule has 4 aromatic carbocycles. The molecule has 0 saturated heterocycles. The van der Waals surface area contributed by atoms with Gasteiger partial charge in [0.25, 0.3) is 0 Å². The lowest BCUT2D eigenvalue weighted by atomic mass is 10.1. The molecule has 0 aliphatic carbocycles. The topological polar surface area (TPSA) is 67.1 Å². The average molecular weight is 805 g/mol. The smallest absolute Gasteiger partial charge is 0.254 e. The Morgan fingerprint density at radius 3 is 1.08 bits per heavy atom. The normalized spacial score (nSPS) is 12.8. The summed E-state index contributed by atoms with van der Waals surface area (Å²) in [5.41, 5.74) is 14.2. The Labute approximate surface area is 358 Å². The summed E-state index contributed by atoms with van der Waals surface area (Å²) >= 11 is 0. The monoisotopic (exact) mass is 804 g/mol. The van der Waals surface area contributed by atoms with Gasteiger partial charge in [-0.1, -0.05) is 31.7 Å². The summed E-state index contributed by atoms with van der Waals surface area (Å²) in [5.74, 6) is -0.565. The molecule has 0 atom stereocenters. The second-order valence-electron chi connectivity index (χ2n) is 16.2. The first-order valence-electron chi connectivity index (χ1n) is 20.7. The number of hydrogen-bond acceptors (Lipinski definition) is 4. The Kier molecular flexibility index (Phi) is 8.31. The highest BCUT2D eigenvalue weighted by atomic mass is 15.6. The molecule has 12 aromatic rings. The van der Waals surface area contributed by atoms with E-state index in [1.54, 1.807) is 0 Å². The van der Waals surface area contributed by atoms with Crippen LogP contribution in [0.25, 0.3) is 87.2 Å². The Morgan fingerprint density at radius 1 is 0.339 bits per heavy atom. The van der Waals surface area contributed by atoms with Crippen molar-refractivity contribution in [1.82, 2.24) is 19.9 Å². The van der Waals surface area contributed by atoms with E-state index < -0.39 is 5.91 Å². The van der Waals surface area contributed by atoms with Crippen molar-refractivity contribution in [2.45, 2.75) is 41.0 Å². The number of aryl methyl sites for hydroxylation is 4. The summed E-state index contributed by atoms with van der Waals surface area (Å²) in [7, 11) is 0. The van der Waals surface area contributed by atoms with E-state index >= 15 is 0 Å². The molecule has 8 nitrogen and oxygen atoms in total. The summed E-state index contributed by atoms with van der Waals surface area (Å²) in [6, 6.07) is 42.8. The van der Waals surface area contributed by atoms with Crippen LogP contribution in [0, 0.1) is 27.7 Å². The van der Waals surface area contributed by atoms with Gasteiger partial charge in [0.1, 0.15) is 0 Å². The molecule has 10 heterocycles. The number of hydrogen-bond donors (Lipinski definition) is 0. The molecule has 0 amide bonds. The highest BCUT2D eigenvalue weighted by molar-refractivity contribution is 6.06. The van der Waals surface area contributed by atoms with E-state index in [0.717, 1.165) is 32.8 Å². The number of pyridine rings is 8. The van der Waals surface area contributed by atoms with Crippen molar-refractivity contribution in [3.05, 3.63) is 193 Å². The van der Waals surface area contributed by atoms with Gasteiger partial charge >= 0.3 is 28.0 Å². The predicted octanol–water partition coefficient (Wildman–Crippen LogP) is 9.72. The van der Waals surface area contributed by atoms with Crippen LogP contribution in [0.5, 0.6) is 0 Å². The van der Waals surface area contributed by atoms with Crippen LogP contribution in [0.1, 0.15) is 29.7 Å². The highest BCUT2D eigenvalue weighted by Crippen LogP contribution is 2.34. The molecule has 0 saturated carbocycles. The SMILES string of the molecule is C.Cc1cc2ccc[n+]3c2c2c1ccc[n+]2C31[n+]2cccc3cc(C)c4ccc[n+]1c4c32.Cc1cc2cccnc2c2ncccc12.Cc1cc2cccnc2c2ncccc12. The third-order valence-corrected chi connectivity index (χ3v) is 12.7. The maximum atomic E-state index is 4.41. The summed E-state index contributed by atoms with van der Waals surface area (Å²) in [5, 5.41) is 9.84. The lowest BCUT2D eigenvalue weighted by molar-refractivity contribution is -1.29. The third kappa shape index (κ3) is 5.07. The fourth-order valence-corrected chi connectivity index (χ4v) is 10.2. The number of fused-ring (bicyclic) bond motifs is 10. The molecule has 296 valence electrons. The van der Waals surface area contributed by atoms with Gasteiger partial charge in [0.2, 0.25) is 0 Å². The van der Waals surface area contributed by atoms with Crippen molar-refractivity contribution >= 4 is 87.2 Å². The fourth-order valence-electron chi connectivity index (χ4n) is 10.2. The van der Waals surface area contributed by atoms with Crippen LogP contribution in [0.3, 0.4) is 0 Å². The average Bonchev–Trinajstić information content (AvgIpc) is 3.78. The molecule has 8 aromatic heterocycles. The van der Waals surface area contributed by atoms with E-state index in [2.05, 4.69) is 188 Å². The van der Waals surface area contributed by atoms with Gasteiger partial charge in [0.15, 0.2) is 24.8 Å². The van der Waals surface area contributed by atoms with Crippen LogP contribution < -0.4 is 18.3 Å². The standard InChI is InChI=1S/C27H20N4.2C13H10N2.CH4/c1-17-15-19-7-3-11-28-23(19)25-21(17)9-5-13-30(25)27(28)29-12-4-8-20-16-18(2)22-10-6-14-31(27)26(22)24(20)29;2*1-9-8-10-4-2-6-14-12(10)13-11(9)5-3-7-15-13;/h3-16H,1-2H3;2*2-8H,1H3;1H4/q+4;;;. The van der Waals surface area contributed by atoms with Gasteiger partial charge in [-0.05, 0) is 123 Å². The minimum atomic E-state index is -0.565. The fraction of sp³-hybridized carbons (Fsp3) is 0.111. The molecule has 0 radical (unpaired) electrons. The predicted molar refractivity (Wildman–Crippen MR) is 248 cm³/mol. The van der Waals surface area contributed by atoms with Crippen molar-refractivity contribution in [3.8, 4) is 0 Å². The molecule has 0 N–H and O–H groups in total. The van der Waals surface area contributed by atoms with E-state index in [-0.39, 0.29) is 7.43 Å². The van der Waals surface area contributed by atoms with Crippen LogP contribution in [0.15, 0.2) is 171 Å². The molecule has 8 heteroatoms. The molecule has 2 aliphatic rings. The van der Waals surface area contributed by atoms with Gasteiger partial charge in [0.05, 0.1) is 43.6 Å². The minimum absolute atomic E-state index is 0. The number of rotatable bonds is 0. The Morgan fingerprint density at radius 2 is 0.645 bits per heavy atom. The second-order valence-corrected chi connectivity index (χ2v) is 16.2. The molecule has 0 fully saturated rings. The quantitative estimate of drug-likeness (QED) is 0.113. The molecular weight excluding hydrogens is 761 g/mol. The van der Waals surface area contributed by atoms with Gasteiger partial charge < -0.3 is 0 Å². The summed E-state index contributed by atoms with van der Waals surface area (Å²) in [6.07, 6.45) is 16.2. The zero-order chi connectivity index (χ0) is 41.0. The van der Waals surface area contributed by atoms with Crippen molar-refractivity contribution in [3.63, 3.8) is 0 Å². The zero-order valence-corrected chi connectivity index (χ0v) is 34.2. The van der Waals surface area contributed by atoms with Crippen LogP contribution in [0.4, 0.5) is 0 Å². The first kappa shape index (κ1) is 37.2. The van der Waals surface area contributed by atoms with E-state index in [0.29, 0.717) is 0 Å². The largest absolute Gasteiger partial charge is 0.770 e. The first-order valence-corrected chi connectivity index (χ1v) is 20.7. The summed E-state index contributed by atoms with van der Waals surface area (Å²) in [6.45, 7) is 8.65. The first-order chi connectivity index (χ1) is 29.9. The number of benzene rings is 4. The van der Waals surface area contributed by atoms with E-state index in [4.69, 9.17) is 0 Å². The maximum Gasteiger partial charge on any atom is 0.770 e. The second kappa shape index (κ2) is 13.9. The molecule has 1 spiro atoms. The third-order valence-electron chi connectivity index (χ3n) is 12.7. The van der Waals surface area contributed by atoms with Crippen molar-refractivity contribution in [1.29, 1.82) is 0 Å². The number of nitrogens with zero attached hydrogens (tertiary/aromatic N) is 8. The molecule has 0 bridgehead atoms. The zero-order valence-electron chi connectivity index (χ0n) is 34.2. The Balaban J connectivity index is 0.000000117. The van der Waals surface area contributed by atoms with Gasteiger partial charge in [-0.15, -0.1) is 0 Å². The van der Waals surface area contributed by atoms with Crippen LogP contribution >= 0.6 is 0 Å². The molecule has 62 heavy (non-hydrogen) atoms. The Bertz CT molecular complexity index is 3590. The molecule has 2 aliphatic heterocycles. The van der Waals surface area contributed by atoms with E-state index in [9.17, 15) is 0 Å². The number of aromatic nitrogens is 8. The van der Waals surface area contributed by atoms with Crippen LogP contribution in [-0.2, 0) is 5.91 Å². The van der Waals surface area contributed by atoms with Crippen LogP contribution in [-0.4, -0.2) is 19.9 Å². The van der Waals surface area contributed by atoms with Gasteiger partial charge in [-0.3, -0.25) is 19.9 Å². The van der Waals surface area contributed by atoms with E-state index in [1.807, 2.05) is 49.1 Å². The summed E-state index contributed by atoms with van der Waals surface area (Å²) in [4.78, 5) is 17.6. The minimum Gasteiger partial charge on any atom is -0.254 e.